The average Bonchev–Trinajstić information content (AvgIpc) is 3.07. The highest BCUT2D eigenvalue weighted by Crippen LogP contribution is 2.42. The average molecular weight is 742 g/mol. The summed E-state index contributed by atoms with van der Waals surface area (Å²) in [6.07, 6.45) is 0.479. The Labute approximate surface area is 292 Å². The van der Waals surface area contributed by atoms with Crippen LogP contribution in [0.3, 0.4) is 0 Å². The summed E-state index contributed by atoms with van der Waals surface area (Å²) in [6, 6.07) is -2.24. The summed E-state index contributed by atoms with van der Waals surface area (Å²) in [5.41, 5.74) is 0. The zero-order valence-electron chi connectivity index (χ0n) is 28.8. The molecule has 1 aliphatic carbocycles. The SMILES string of the molecule is CP(=O)(O)OC1CCC(C(=O)NC(CCC(=O)NC(CCC(=O)NCCOCCO)C(=O)NCCOCCO)C(=O)NCCOCCO)CC1. The lowest BCUT2D eigenvalue weighted by Gasteiger charge is -2.29. The van der Waals surface area contributed by atoms with Crippen LogP contribution < -0.4 is 26.6 Å². The van der Waals surface area contributed by atoms with Gasteiger partial charge in [-0.25, -0.2) is 0 Å². The van der Waals surface area contributed by atoms with Gasteiger partial charge in [-0.2, -0.15) is 0 Å². The minimum atomic E-state index is -3.68. The maximum atomic E-state index is 13.2. The first-order valence-electron chi connectivity index (χ1n) is 16.9. The van der Waals surface area contributed by atoms with Crippen LogP contribution in [0.25, 0.3) is 0 Å². The standard InChI is InChI=1S/C30H56N5O14P/c1-50(44,45)49-23-4-2-22(3-5-23)28(41)35-25(30(43)33-12-18-48-21-15-38)7-9-27(40)34-24(29(42)32-11-17-47-20-14-37)6-8-26(39)31-10-16-46-19-13-36/h22-25,36-38H,2-21H2,1H3,(H,31,39)(H,32,42)(H,33,43)(H,34,40)(H,35,41)(H,44,45). The molecule has 3 unspecified atom stereocenters. The summed E-state index contributed by atoms with van der Waals surface area (Å²) in [5, 5.41) is 39.7. The van der Waals surface area contributed by atoms with Crippen molar-refractivity contribution in [2.24, 2.45) is 5.92 Å². The summed E-state index contributed by atoms with van der Waals surface area (Å²) in [4.78, 5) is 74.0. The molecular formula is C30H56N5O14P. The molecule has 290 valence electrons. The predicted molar refractivity (Wildman–Crippen MR) is 178 cm³/mol. The molecule has 0 spiro atoms. The third-order valence-corrected chi connectivity index (χ3v) is 8.05. The lowest BCUT2D eigenvalue weighted by atomic mass is 9.86. The second-order valence-corrected chi connectivity index (χ2v) is 13.4. The normalized spacial score (nSPS) is 18.3. The third kappa shape index (κ3) is 22.2. The fraction of sp³-hybridized carbons (Fsp3) is 0.833. The fourth-order valence-electron chi connectivity index (χ4n) is 4.94. The highest BCUT2D eigenvalue weighted by Gasteiger charge is 2.32. The minimum absolute atomic E-state index is 0.0525. The van der Waals surface area contributed by atoms with Crippen molar-refractivity contribution in [2.45, 2.75) is 69.6 Å². The van der Waals surface area contributed by atoms with E-state index in [0.717, 1.165) is 6.66 Å². The van der Waals surface area contributed by atoms with Crippen LogP contribution in [-0.2, 0) is 47.3 Å². The largest absolute Gasteiger partial charge is 0.394 e. The molecule has 50 heavy (non-hydrogen) atoms. The number of hydrogen-bond acceptors (Lipinski definition) is 13. The van der Waals surface area contributed by atoms with E-state index in [0.29, 0.717) is 25.7 Å². The van der Waals surface area contributed by atoms with Gasteiger partial charge in [0.2, 0.25) is 29.5 Å². The summed E-state index contributed by atoms with van der Waals surface area (Å²) in [5.74, 6) is -3.04. The Morgan fingerprint density at radius 1 is 0.660 bits per heavy atom. The van der Waals surface area contributed by atoms with Crippen molar-refractivity contribution < 1.29 is 67.5 Å². The number of aliphatic hydroxyl groups is 3. The number of rotatable bonds is 28. The zero-order chi connectivity index (χ0) is 37.2. The van der Waals surface area contributed by atoms with Crippen LogP contribution in [-0.4, -0.2) is 154 Å². The molecule has 0 aliphatic heterocycles. The summed E-state index contributed by atoms with van der Waals surface area (Å²) < 4.78 is 32.2. The molecule has 0 radical (unpaired) electrons. The number of aliphatic hydroxyl groups excluding tert-OH is 3. The van der Waals surface area contributed by atoms with Gasteiger partial charge in [-0.15, -0.1) is 0 Å². The van der Waals surface area contributed by atoms with Crippen LogP contribution in [0.15, 0.2) is 0 Å². The van der Waals surface area contributed by atoms with Crippen molar-refractivity contribution in [2.75, 3.05) is 85.8 Å². The van der Waals surface area contributed by atoms with Crippen LogP contribution in [0.2, 0.25) is 0 Å². The first-order chi connectivity index (χ1) is 23.9. The molecule has 9 N–H and O–H groups in total. The molecule has 0 aromatic heterocycles. The number of carbonyl (C=O) groups is 5. The maximum absolute atomic E-state index is 13.2. The van der Waals surface area contributed by atoms with E-state index in [2.05, 4.69) is 26.6 Å². The minimum Gasteiger partial charge on any atom is -0.394 e. The molecule has 0 saturated heterocycles. The molecule has 1 fully saturated rings. The van der Waals surface area contributed by atoms with Gasteiger partial charge in [0.1, 0.15) is 12.1 Å². The van der Waals surface area contributed by atoms with Gasteiger partial charge in [0.05, 0.1) is 65.6 Å². The van der Waals surface area contributed by atoms with Crippen LogP contribution in [0, 0.1) is 5.92 Å². The second-order valence-electron chi connectivity index (χ2n) is 11.6. The Hall–Kier alpha value is -2.74. The Balaban J connectivity index is 2.84. The lowest BCUT2D eigenvalue weighted by molar-refractivity contribution is -0.133. The lowest BCUT2D eigenvalue weighted by Crippen LogP contribution is -2.51. The summed E-state index contributed by atoms with van der Waals surface area (Å²) in [6.45, 7) is 1.61. The number of nitrogens with one attached hydrogen (secondary N) is 5. The van der Waals surface area contributed by atoms with Crippen molar-refractivity contribution in [1.82, 2.24) is 26.6 Å². The molecular weight excluding hydrogens is 685 g/mol. The molecule has 20 heteroatoms. The van der Waals surface area contributed by atoms with Gasteiger partial charge < -0.3 is 65.5 Å². The first-order valence-corrected chi connectivity index (χ1v) is 18.9. The van der Waals surface area contributed by atoms with E-state index in [1.54, 1.807) is 0 Å². The number of carbonyl (C=O) groups excluding carboxylic acids is 5. The maximum Gasteiger partial charge on any atom is 0.325 e. The first kappa shape index (κ1) is 45.3. The van der Waals surface area contributed by atoms with Gasteiger partial charge in [0.25, 0.3) is 0 Å². The zero-order valence-corrected chi connectivity index (χ0v) is 29.7. The van der Waals surface area contributed by atoms with Crippen LogP contribution >= 0.6 is 7.60 Å². The molecule has 0 aromatic carbocycles. The van der Waals surface area contributed by atoms with E-state index in [1.807, 2.05) is 0 Å². The number of amides is 5. The molecule has 19 nitrogen and oxygen atoms in total. The molecule has 0 heterocycles. The molecule has 1 saturated carbocycles. The molecule has 3 atom stereocenters. The highest BCUT2D eigenvalue weighted by atomic mass is 31.2. The molecule has 5 amide bonds. The van der Waals surface area contributed by atoms with E-state index in [9.17, 15) is 33.4 Å². The monoisotopic (exact) mass is 741 g/mol. The molecule has 1 rings (SSSR count). The molecule has 0 aromatic rings. The number of hydrogen-bond donors (Lipinski definition) is 9. The molecule has 0 bridgehead atoms. The van der Waals surface area contributed by atoms with Gasteiger partial charge in [-0.3, -0.25) is 28.5 Å². The van der Waals surface area contributed by atoms with Gasteiger partial charge in [0.15, 0.2) is 0 Å². The summed E-state index contributed by atoms with van der Waals surface area (Å²) >= 11 is 0. The van der Waals surface area contributed by atoms with E-state index in [1.165, 1.54) is 0 Å². The van der Waals surface area contributed by atoms with E-state index >= 15 is 0 Å². The second kappa shape index (κ2) is 27.0. The van der Waals surface area contributed by atoms with Crippen molar-refractivity contribution in [3.63, 3.8) is 0 Å². The quantitative estimate of drug-likeness (QED) is 0.0291. The smallest absolute Gasteiger partial charge is 0.325 e. The Morgan fingerprint density at radius 3 is 1.56 bits per heavy atom. The third-order valence-electron chi connectivity index (χ3n) is 7.36. The van der Waals surface area contributed by atoms with Crippen molar-refractivity contribution >= 4 is 37.1 Å². The topological polar surface area (TPSA) is 280 Å². The van der Waals surface area contributed by atoms with E-state index in [-0.39, 0.29) is 111 Å². The van der Waals surface area contributed by atoms with Gasteiger partial charge in [-0.1, -0.05) is 0 Å². The number of ether oxygens (including phenoxy) is 3. The Bertz CT molecular complexity index is 1060. The highest BCUT2D eigenvalue weighted by molar-refractivity contribution is 7.51. The molecule has 1 aliphatic rings. The van der Waals surface area contributed by atoms with Gasteiger partial charge in [0, 0.05) is 45.1 Å². The van der Waals surface area contributed by atoms with Crippen molar-refractivity contribution in [1.29, 1.82) is 0 Å². The fourth-order valence-corrected chi connectivity index (χ4v) is 5.71. The Kier molecular flexibility index (Phi) is 24.4. The predicted octanol–water partition coefficient (Wildman–Crippen LogP) is -2.72. The van der Waals surface area contributed by atoms with Crippen LogP contribution in [0.5, 0.6) is 0 Å². The van der Waals surface area contributed by atoms with Crippen molar-refractivity contribution in [3.8, 4) is 0 Å². The van der Waals surface area contributed by atoms with Gasteiger partial charge in [-0.05, 0) is 38.5 Å². The summed E-state index contributed by atoms with van der Waals surface area (Å²) in [7, 11) is -3.68. The van der Waals surface area contributed by atoms with E-state index < -0.39 is 55.3 Å². The van der Waals surface area contributed by atoms with Crippen molar-refractivity contribution in [3.05, 3.63) is 0 Å². The van der Waals surface area contributed by atoms with E-state index in [4.69, 9.17) is 34.1 Å². The van der Waals surface area contributed by atoms with Gasteiger partial charge >= 0.3 is 7.60 Å². The van der Waals surface area contributed by atoms with Crippen LogP contribution in [0.1, 0.15) is 51.4 Å². The van der Waals surface area contributed by atoms with Crippen LogP contribution in [0.4, 0.5) is 0 Å². The Morgan fingerprint density at radius 2 is 1.10 bits per heavy atom.